The molecule has 2 aliphatic rings. The molecule has 0 aliphatic heterocycles. The van der Waals surface area contributed by atoms with Gasteiger partial charge in [0.2, 0.25) is 5.76 Å². The predicted molar refractivity (Wildman–Crippen MR) is 83.9 cm³/mol. The van der Waals surface area contributed by atoms with Crippen LogP contribution in [0.1, 0.15) is 70.8 Å². The van der Waals surface area contributed by atoms with E-state index in [1.807, 2.05) is 0 Å². The number of Topliss-reactive ketones (excluding diaryl/α,β-unsaturated/α-hetero) is 1. The van der Waals surface area contributed by atoms with Crippen molar-refractivity contribution in [3.8, 4) is 0 Å². The Bertz CT molecular complexity index is 648. The Labute approximate surface area is 140 Å². The summed E-state index contributed by atoms with van der Waals surface area (Å²) < 4.78 is 15.7. The first-order chi connectivity index (χ1) is 11.5. The first-order valence-electron chi connectivity index (χ1n) is 8.47. The summed E-state index contributed by atoms with van der Waals surface area (Å²) in [5.74, 6) is -1.46. The molecule has 6 nitrogen and oxygen atoms in total. The number of ketones is 1. The Morgan fingerprint density at radius 2 is 1.58 bits per heavy atom. The van der Waals surface area contributed by atoms with Crippen molar-refractivity contribution in [2.75, 3.05) is 13.2 Å². The molecule has 0 N–H and O–H groups in total. The average molecular weight is 334 g/mol. The number of hydrogen-bond donors (Lipinski definition) is 0. The van der Waals surface area contributed by atoms with Crippen LogP contribution in [0.15, 0.2) is 10.7 Å². The molecule has 0 amide bonds. The van der Waals surface area contributed by atoms with E-state index >= 15 is 0 Å². The fourth-order valence-electron chi connectivity index (χ4n) is 2.30. The molecule has 6 heteroatoms. The molecule has 0 unspecified atom stereocenters. The summed E-state index contributed by atoms with van der Waals surface area (Å²) in [5, 5.41) is 0. The third kappa shape index (κ3) is 3.86. The molecule has 2 fully saturated rings. The standard InChI is InChI=1S/C18H22O6/c1-10(2)15(19)13-9-22-16(18(21)24-8-12-5-6-12)14(13)17(20)23-7-11-3-4-11/h9-12H,3-8H2,1-2H3. The molecule has 2 saturated carbocycles. The van der Waals surface area contributed by atoms with Gasteiger partial charge in [0.25, 0.3) is 0 Å². The van der Waals surface area contributed by atoms with Crippen molar-refractivity contribution in [3.63, 3.8) is 0 Å². The minimum absolute atomic E-state index is 0.0872. The first kappa shape index (κ1) is 16.7. The molecule has 1 heterocycles. The van der Waals surface area contributed by atoms with Gasteiger partial charge in [-0.3, -0.25) is 4.79 Å². The zero-order valence-electron chi connectivity index (χ0n) is 14.0. The largest absolute Gasteiger partial charge is 0.462 e. The minimum Gasteiger partial charge on any atom is -0.462 e. The molecule has 0 atom stereocenters. The van der Waals surface area contributed by atoms with E-state index in [4.69, 9.17) is 13.9 Å². The summed E-state index contributed by atoms with van der Waals surface area (Å²) in [5.41, 5.74) is -0.0145. The maximum atomic E-state index is 12.4. The van der Waals surface area contributed by atoms with Crippen molar-refractivity contribution in [1.82, 2.24) is 0 Å². The van der Waals surface area contributed by atoms with Crippen LogP contribution in [0.2, 0.25) is 0 Å². The molecular formula is C18H22O6. The molecule has 0 spiro atoms. The van der Waals surface area contributed by atoms with Crippen LogP contribution in [0.5, 0.6) is 0 Å². The summed E-state index contributed by atoms with van der Waals surface area (Å²) >= 11 is 0. The Morgan fingerprint density at radius 3 is 2.08 bits per heavy atom. The molecule has 1 aromatic heterocycles. The van der Waals surface area contributed by atoms with Crippen molar-refractivity contribution in [3.05, 3.63) is 23.2 Å². The van der Waals surface area contributed by atoms with Gasteiger partial charge in [0, 0.05) is 5.92 Å². The molecule has 0 aromatic carbocycles. The predicted octanol–water partition coefficient (Wildman–Crippen LogP) is 3.25. The van der Waals surface area contributed by atoms with Crippen LogP contribution in [-0.4, -0.2) is 30.9 Å². The fourth-order valence-corrected chi connectivity index (χ4v) is 2.30. The fraction of sp³-hybridized carbons (Fsp3) is 0.611. The Morgan fingerprint density at radius 1 is 1.04 bits per heavy atom. The van der Waals surface area contributed by atoms with E-state index in [9.17, 15) is 14.4 Å². The zero-order chi connectivity index (χ0) is 17.3. The molecule has 24 heavy (non-hydrogen) atoms. The molecule has 1 aromatic rings. The quantitative estimate of drug-likeness (QED) is 0.536. The van der Waals surface area contributed by atoms with Crippen molar-refractivity contribution in [1.29, 1.82) is 0 Å². The second kappa shape index (κ2) is 6.79. The highest BCUT2D eigenvalue weighted by Crippen LogP contribution is 2.31. The first-order valence-corrected chi connectivity index (χ1v) is 8.47. The second-order valence-electron chi connectivity index (χ2n) is 6.96. The lowest BCUT2D eigenvalue weighted by Gasteiger charge is -2.08. The molecule has 0 radical (unpaired) electrons. The van der Waals surface area contributed by atoms with E-state index in [0.29, 0.717) is 25.0 Å². The smallest absolute Gasteiger partial charge is 0.375 e. The molecule has 0 bridgehead atoms. The summed E-state index contributed by atoms with van der Waals surface area (Å²) in [6.07, 6.45) is 5.31. The number of carbonyl (C=O) groups excluding carboxylic acids is 3. The Hall–Kier alpha value is -2.11. The Balaban J connectivity index is 1.81. The molecule has 0 saturated heterocycles. The monoisotopic (exact) mass is 334 g/mol. The lowest BCUT2D eigenvalue weighted by molar-refractivity contribution is 0.0411. The van der Waals surface area contributed by atoms with Gasteiger partial charge >= 0.3 is 11.9 Å². The summed E-state index contributed by atoms with van der Waals surface area (Å²) in [6.45, 7) is 4.05. The van der Waals surface area contributed by atoms with Gasteiger partial charge in [-0.2, -0.15) is 0 Å². The number of ether oxygens (including phenoxy) is 2. The summed E-state index contributed by atoms with van der Waals surface area (Å²) in [6, 6.07) is 0. The van der Waals surface area contributed by atoms with Gasteiger partial charge in [0.1, 0.15) is 11.8 Å². The van der Waals surface area contributed by atoms with Gasteiger partial charge in [0.05, 0.1) is 18.8 Å². The maximum Gasteiger partial charge on any atom is 0.375 e. The van der Waals surface area contributed by atoms with E-state index in [-0.39, 0.29) is 28.6 Å². The van der Waals surface area contributed by atoms with Gasteiger partial charge < -0.3 is 13.9 Å². The summed E-state index contributed by atoms with van der Waals surface area (Å²) in [4.78, 5) is 37.0. The molecule has 2 aliphatic carbocycles. The van der Waals surface area contributed by atoms with E-state index in [1.54, 1.807) is 13.8 Å². The van der Waals surface area contributed by atoms with E-state index in [0.717, 1.165) is 31.9 Å². The Kier molecular flexibility index (Phi) is 4.73. The van der Waals surface area contributed by atoms with E-state index < -0.39 is 11.9 Å². The second-order valence-corrected chi connectivity index (χ2v) is 6.96. The highest BCUT2D eigenvalue weighted by molar-refractivity contribution is 6.11. The highest BCUT2D eigenvalue weighted by Gasteiger charge is 2.34. The number of esters is 2. The van der Waals surface area contributed by atoms with E-state index in [2.05, 4.69) is 0 Å². The van der Waals surface area contributed by atoms with Gasteiger partial charge in [0.15, 0.2) is 5.78 Å². The van der Waals surface area contributed by atoms with Crippen LogP contribution >= 0.6 is 0 Å². The molecule has 130 valence electrons. The van der Waals surface area contributed by atoms with Gasteiger partial charge in [-0.05, 0) is 37.5 Å². The SMILES string of the molecule is CC(C)C(=O)c1coc(C(=O)OCC2CC2)c1C(=O)OCC1CC1. The van der Waals surface area contributed by atoms with Gasteiger partial charge in [-0.15, -0.1) is 0 Å². The summed E-state index contributed by atoms with van der Waals surface area (Å²) in [7, 11) is 0. The molecule has 3 rings (SSSR count). The minimum atomic E-state index is -0.719. The van der Waals surface area contributed by atoms with Gasteiger partial charge in [-0.25, -0.2) is 9.59 Å². The van der Waals surface area contributed by atoms with Gasteiger partial charge in [-0.1, -0.05) is 13.8 Å². The van der Waals surface area contributed by atoms with Crippen LogP contribution in [0, 0.1) is 17.8 Å². The third-order valence-electron chi connectivity index (χ3n) is 4.26. The lowest BCUT2D eigenvalue weighted by atomic mass is 9.99. The van der Waals surface area contributed by atoms with Crippen molar-refractivity contribution in [2.24, 2.45) is 17.8 Å². The third-order valence-corrected chi connectivity index (χ3v) is 4.26. The lowest BCUT2D eigenvalue weighted by Crippen LogP contribution is -2.18. The van der Waals surface area contributed by atoms with Crippen LogP contribution in [0.25, 0.3) is 0 Å². The van der Waals surface area contributed by atoms with Crippen LogP contribution in [0.4, 0.5) is 0 Å². The van der Waals surface area contributed by atoms with Crippen molar-refractivity contribution in [2.45, 2.75) is 39.5 Å². The van der Waals surface area contributed by atoms with Crippen LogP contribution in [-0.2, 0) is 9.47 Å². The zero-order valence-corrected chi connectivity index (χ0v) is 14.0. The van der Waals surface area contributed by atoms with Crippen LogP contribution in [0.3, 0.4) is 0 Å². The van der Waals surface area contributed by atoms with Crippen molar-refractivity contribution < 1.29 is 28.3 Å². The van der Waals surface area contributed by atoms with E-state index in [1.165, 1.54) is 0 Å². The normalized spacial score (nSPS) is 17.0. The number of rotatable bonds is 8. The average Bonchev–Trinajstić information content (AvgIpc) is 3.47. The number of hydrogen-bond acceptors (Lipinski definition) is 6. The van der Waals surface area contributed by atoms with Crippen LogP contribution < -0.4 is 0 Å². The molecular weight excluding hydrogens is 312 g/mol. The topological polar surface area (TPSA) is 82.8 Å². The van der Waals surface area contributed by atoms with Crippen molar-refractivity contribution >= 4 is 17.7 Å². The highest BCUT2D eigenvalue weighted by atomic mass is 16.6. The maximum absolute atomic E-state index is 12.4. The number of carbonyl (C=O) groups is 3. The number of furan rings is 1.